The molecule has 1 aromatic heterocycles. The monoisotopic (exact) mass is 518 g/mol. The van der Waals surface area contributed by atoms with Crippen LogP contribution in [-0.4, -0.2) is 22.3 Å². The smallest absolute Gasteiger partial charge is 0.162 e. The molecule has 4 aromatic carbocycles. The number of carbonyl (C=O) groups is 2. The summed E-state index contributed by atoms with van der Waals surface area (Å²) in [6.45, 7) is 3.20. The first-order valence-corrected chi connectivity index (χ1v) is 13.4. The first kappa shape index (κ1) is 24.0. The Labute approximate surface area is 232 Å². The van der Waals surface area contributed by atoms with Gasteiger partial charge in [-0.1, -0.05) is 115 Å². The number of fused-ring (bicyclic) bond motifs is 6. The Hall–Kier alpha value is -5.09. The fraction of sp³-hybridized carbons (Fsp3) is 0.0833. The molecule has 0 radical (unpaired) electrons. The second kappa shape index (κ2) is 8.99. The number of aromatic amines is 1. The van der Waals surface area contributed by atoms with Gasteiger partial charge in [0.25, 0.3) is 0 Å². The number of carbonyl (C=O) groups excluding carboxylic acids is 2. The van der Waals surface area contributed by atoms with Crippen molar-refractivity contribution in [3.63, 3.8) is 0 Å². The van der Waals surface area contributed by atoms with Gasteiger partial charge < -0.3 is 4.98 Å². The number of hydrogen-bond donors (Lipinski definition) is 1. The Bertz CT molecular complexity index is 1880. The van der Waals surface area contributed by atoms with E-state index in [2.05, 4.69) is 29.2 Å². The van der Waals surface area contributed by atoms with Crippen molar-refractivity contribution in [2.24, 2.45) is 4.99 Å². The van der Waals surface area contributed by atoms with Gasteiger partial charge >= 0.3 is 0 Å². The van der Waals surface area contributed by atoms with Gasteiger partial charge in [-0.15, -0.1) is 0 Å². The third kappa shape index (κ3) is 3.29. The van der Waals surface area contributed by atoms with Crippen LogP contribution in [0.2, 0.25) is 0 Å². The molecule has 40 heavy (non-hydrogen) atoms. The largest absolute Gasteiger partial charge is 0.353 e. The molecule has 4 heteroatoms. The highest BCUT2D eigenvalue weighted by Crippen LogP contribution is 2.60. The number of aromatic nitrogens is 1. The van der Waals surface area contributed by atoms with Crippen LogP contribution < -0.4 is 0 Å². The van der Waals surface area contributed by atoms with Crippen molar-refractivity contribution in [1.82, 2.24) is 4.98 Å². The second-order valence-corrected chi connectivity index (χ2v) is 10.3. The number of rotatable bonds is 5. The van der Waals surface area contributed by atoms with Gasteiger partial charge in [0, 0.05) is 22.3 Å². The summed E-state index contributed by atoms with van der Waals surface area (Å²) >= 11 is 0. The zero-order chi connectivity index (χ0) is 27.4. The molecule has 1 unspecified atom stereocenters. The lowest BCUT2D eigenvalue weighted by Gasteiger charge is -2.37. The SMILES string of the molecule is CC(=O)C1=C2c3c([nH]c(-c4ccccc4)c3C(C)=O)-c3ccccc3C2(c2ccccc2)N=C1c1ccccc1. The molecule has 7 rings (SSSR count). The molecule has 0 spiro atoms. The third-order valence-electron chi connectivity index (χ3n) is 7.97. The number of ketones is 2. The number of nitrogens with one attached hydrogen (secondary N) is 1. The summed E-state index contributed by atoms with van der Waals surface area (Å²) in [5.74, 6) is -0.154. The van der Waals surface area contributed by atoms with Gasteiger partial charge in [0.1, 0.15) is 5.54 Å². The number of benzene rings is 4. The molecule has 192 valence electrons. The highest BCUT2D eigenvalue weighted by molar-refractivity contribution is 6.36. The van der Waals surface area contributed by atoms with Gasteiger partial charge in [-0.2, -0.15) is 0 Å². The lowest BCUT2D eigenvalue weighted by molar-refractivity contribution is -0.113. The molecule has 0 saturated heterocycles. The van der Waals surface area contributed by atoms with E-state index in [-0.39, 0.29) is 11.6 Å². The van der Waals surface area contributed by atoms with Crippen LogP contribution in [0.4, 0.5) is 0 Å². The van der Waals surface area contributed by atoms with Crippen LogP contribution in [0.15, 0.2) is 126 Å². The summed E-state index contributed by atoms with van der Waals surface area (Å²) in [6, 6.07) is 38.1. The molecule has 0 fully saturated rings. The van der Waals surface area contributed by atoms with E-state index >= 15 is 0 Å². The van der Waals surface area contributed by atoms with Crippen molar-refractivity contribution in [1.29, 1.82) is 0 Å². The number of allylic oxidation sites excluding steroid dienone is 1. The van der Waals surface area contributed by atoms with Gasteiger partial charge in [-0.05, 0) is 30.5 Å². The summed E-state index contributed by atoms with van der Waals surface area (Å²) in [6.07, 6.45) is 0. The molecular weight excluding hydrogens is 492 g/mol. The molecule has 1 aliphatic carbocycles. The molecule has 0 bridgehead atoms. The number of aliphatic imine (C=N–C) groups is 1. The average Bonchev–Trinajstić information content (AvgIpc) is 3.57. The van der Waals surface area contributed by atoms with E-state index in [0.717, 1.165) is 50.3 Å². The van der Waals surface area contributed by atoms with Gasteiger partial charge in [-0.3, -0.25) is 14.6 Å². The lowest BCUT2D eigenvalue weighted by atomic mass is 9.67. The second-order valence-electron chi connectivity index (χ2n) is 10.3. The molecule has 2 heterocycles. The van der Waals surface area contributed by atoms with Crippen LogP contribution in [0, 0.1) is 0 Å². The van der Waals surface area contributed by atoms with E-state index in [0.29, 0.717) is 16.8 Å². The predicted octanol–water partition coefficient (Wildman–Crippen LogP) is 7.65. The van der Waals surface area contributed by atoms with Crippen molar-refractivity contribution < 1.29 is 9.59 Å². The fourth-order valence-corrected chi connectivity index (χ4v) is 6.41. The van der Waals surface area contributed by atoms with Crippen LogP contribution in [-0.2, 0) is 10.3 Å². The summed E-state index contributed by atoms with van der Waals surface area (Å²) in [5, 5.41) is 0. The zero-order valence-corrected chi connectivity index (χ0v) is 22.2. The van der Waals surface area contributed by atoms with E-state index in [1.807, 2.05) is 91.0 Å². The van der Waals surface area contributed by atoms with Gasteiger partial charge in [-0.25, -0.2) is 0 Å². The molecule has 0 amide bonds. The molecule has 2 aliphatic rings. The van der Waals surface area contributed by atoms with Crippen molar-refractivity contribution >= 4 is 22.9 Å². The lowest BCUT2D eigenvalue weighted by Crippen LogP contribution is -2.30. The summed E-state index contributed by atoms with van der Waals surface area (Å²) < 4.78 is 0. The van der Waals surface area contributed by atoms with E-state index in [4.69, 9.17) is 4.99 Å². The predicted molar refractivity (Wildman–Crippen MR) is 159 cm³/mol. The van der Waals surface area contributed by atoms with Crippen LogP contribution in [0.25, 0.3) is 28.1 Å². The Morgan fingerprint density at radius 1 is 0.650 bits per heavy atom. The molecule has 4 nitrogen and oxygen atoms in total. The van der Waals surface area contributed by atoms with E-state index in [1.54, 1.807) is 13.8 Å². The minimum atomic E-state index is -1.00. The maximum absolute atomic E-state index is 13.7. The molecule has 5 aromatic rings. The first-order valence-electron chi connectivity index (χ1n) is 13.4. The molecular formula is C36H26N2O2. The van der Waals surface area contributed by atoms with Crippen molar-refractivity contribution in [2.45, 2.75) is 19.4 Å². The topological polar surface area (TPSA) is 62.3 Å². The molecule has 1 atom stereocenters. The number of H-pyrrole nitrogens is 1. The minimum absolute atomic E-state index is 0.0683. The standard InChI is InChI=1S/C36H26N2O2/c1-22(39)29-31-32-30(23(2)40)34(25-16-8-4-9-17-25)38-36(32,26-18-10-5-11-19-26)28-21-13-12-20-27(28)35(31)37-33(29)24-14-6-3-7-15-24/h3-21,37H,1-2H3. The van der Waals surface area contributed by atoms with Gasteiger partial charge in [0.15, 0.2) is 11.6 Å². The van der Waals surface area contributed by atoms with Crippen LogP contribution in [0.5, 0.6) is 0 Å². The first-order chi connectivity index (χ1) is 19.5. The quantitative estimate of drug-likeness (QED) is 0.243. The third-order valence-corrected chi connectivity index (χ3v) is 7.97. The minimum Gasteiger partial charge on any atom is -0.353 e. The van der Waals surface area contributed by atoms with E-state index in [1.165, 1.54) is 0 Å². The van der Waals surface area contributed by atoms with Crippen molar-refractivity contribution in [2.75, 3.05) is 0 Å². The highest BCUT2D eigenvalue weighted by atomic mass is 16.1. The molecule has 1 aliphatic heterocycles. The summed E-state index contributed by atoms with van der Waals surface area (Å²) in [7, 11) is 0. The number of Topliss-reactive ketones (excluding diaryl/α,β-unsaturated/α-hetero) is 2. The molecule has 0 saturated carbocycles. The Kier molecular flexibility index (Phi) is 5.39. The number of hydrogen-bond acceptors (Lipinski definition) is 3. The number of nitrogens with zero attached hydrogens (tertiary/aromatic N) is 1. The van der Waals surface area contributed by atoms with Crippen molar-refractivity contribution in [3.05, 3.63) is 149 Å². The van der Waals surface area contributed by atoms with Crippen LogP contribution >= 0.6 is 0 Å². The van der Waals surface area contributed by atoms with Crippen LogP contribution in [0.1, 0.15) is 46.5 Å². The van der Waals surface area contributed by atoms with Gasteiger partial charge in [0.2, 0.25) is 0 Å². The summed E-state index contributed by atoms with van der Waals surface area (Å²) in [4.78, 5) is 36.4. The normalized spacial score (nSPS) is 17.1. The van der Waals surface area contributed by atoms with Crippen LogP contribution in [0.3, 0.4) is 0 Å². The van der Waals surface area contributed by atoms with E-state index < -0.39 is 5.54 Å². The zero-order valence-electron chi connectivity index (χ0n) is 22.2. The maximum atomic E-state index is 13.7. The van der Waals surface area contributed by atoms with E-state index in [9.17, 15) is 9.59 Å². The Morgan fingerprint density at radius 3 is 1.85 bits per heavy atom. The average molecular weight is 519 g/mol. The van der Waals surface area contributed by atoms with Crippen molar-refractivity contribution in [3.8, 4) is 22.5 Å². The Morgan fingerprint density at radius 2 is 1.23 bits per heavy atom. The summed E-state index contributed by atoms with van der Waals surface area (Å²) in [5.41, 5.74) is 8.56. The highest BCUT2D eigenvalue weighted by Gasteiger charge is 2.53. The Balaban J connectivity index is 1.71. The maximum Gasteiger partial charge on any atom is 0.162 e. The fourth-order valence-electron chi connectivity index (χ4n) is 6.41. The molecule has 1 N–H and O–H groups in total. The van der Waals surface area contributed by atoms with Gasteiger partial charge in [0.05, 0.1) is 28.2 Å².